The standard InChI is InChI=1S/C8H10BrFN2O3S/c9-5-3-6(10)8(4-7(5)11)16(14,15)12-1-2-13/h3-4,12-13H,1-2,11H2. The van der Waals surface area contributed by atoms with Crippen molar-refractivity contribution in [2.45, 2.75) is 4.90 Å². The minimum Gasteiger partial charge on any atom is -0.398 e. The fourth-order valence-electron chi connectivity index (χ4n) is 1.01. The summed E-state index contributed by atoms with van der Waals surface area (Å²) in [5.41, 5.74) is 5.58. The summed E-state index contributed by atoms with van der Waals surface area (Å²) in [6, 6.07) is 1.99. The highest BCUT2D eigenvalue weighted by atomic mass is 79.9. The Morgan fingerprint density at radius 1 is 1.50 bits per heavy atom. The second-order valence-corrected chi connectivity index (χ2v) is 5.52. The van der Waals surface area contributed by atoms with Crippen molar-refractivity contribution in [1.82, 2.24) is 4.72 Å². The Hall–Kier alpha value is -0.700. The monoisotopic (exact) mass is 312 g/mol. The van der Waals surface area contributed by atoms with E-state index in [0.717, 1.165) is 12.1 Å². The van der Waals surface area contributed by atoms with E-state index in [1.807, 2.05) is 4.72 Å². The van der Waals surface area contributed by atoms with Gasteiger partial charge in [0.15, 0.2) is 0 Å². The second kappa shape index (κ2) is 5.09. The van der Waals surface area contributed by atoms with Crippen LogP contribution >= 0.6 is 15.9 Å². The fourth-order valence-corrected chi connectivity index (χ4v) is 2.44. The van der Waals surface area contributed by atoms with Gasteiger partial charge in [-0.3, -0.25) is 0 Å². The number of anilines is 1. The molecule has 0 amide bonds. The zero-order valence-corrected chi connectivity index (χ0v) is 10.5. The van der Waals surface area contributed by atoms with Gasteiger partial charge in [0.1, 0.15) is 10.7 Å². The molecule has 0 fully saturated rings. The van der Waals surface area contributed by atoms with Crippen molar-refractivity contribution < 1.29 is 17.9 Å². The molecule has 16 heavy (non-hydrogen) atoms. The molecule has 0 aliphatic heterocycles. The van der Waals surface area contributed by atoms with Crippen LogP contribution in [0.2, 0.25) is 0 Å². The van der Waals surface area contributed by atoms with Crippen molar-refractivity contribution in [1.29, 1.82) is 0 Å². The Kier molecular flexibility index (Phi) is 4.25. The smallest absolute Gasteiger partial charge is 0.243 e. The molecule has 0 aromatic heterocycles. The van der Waals surface area contributed by atoms with Gasteiger partial charge in [-0.1, -0.05) is 0 Å². The third kappa shape index (κ3) is 2.91. The molecule has 1 aromatic carbocycles. The van der Waals surface area contributed by atoms with Crippen molar-refractivity contribution in [3.05, 3.63) is 22.4 Å². The zero-order valence-electron chi connectivity index (χ0n) is 8.07. The molecule has 90 valence electrons. The third-order valence-corrected chi connectivity index (χ3v) is 3.91. The van der Waals surface area contributed by atoms with E-state index in [1.54, 1.807) is 0 Å². The lowest BCUT2D eigenvalue weighted by atomic mass is 10.3. The number of aliphatic hydroxyl groups excluding tert-OH is 1. The SMILES string of the molecule is Nc1cc(S(=O)(=O)NCCO)c(F)cc1Br. The first kappa shape index (κ1) is 13.4. The summed E-state index contributed by atoms with van der Waals surface area (Å²) in [6.45, 7) is -0.551. The summed E-state index contributed by atoms with van der Waals surface area (Å²) in [5, 5.41) is 8.49. The fraction of sp³-hybridized carbons (Fsp3) is 0.250. The summed E-state index contributed by atoms with van der Waals surface area (Å²) in [4.78, 5) is -0.540. The van der Waals surface area contributed by atoms with Gasteiger partial charge in [-0.2, -0.15) is 0 Å². The summed E-state index contributed by atoms with van der Waals surface area (Å²) < 4.78 is 38.8. The molecule has 4 N–H and O–H groups in total. The number of aliphatic hydroxyl groups is 1. The number of hydrogen-bond acceptors (Lipinski definition) is 4. The minimum absolute atomic E-state index is 0.116. The van der Waals surface area contributed by atoms with Gasteiger partial charge < -0.3 is 10.8 Å². The van der Waals surface area contributed by atoms with Crippen LogP contribution in [0.3, 0.4) is 0 Å². The molecule has 8 heteroatoms. The number of nitrogens with two attached hydrogens (primary N) is 1. The molecule has 0 heterocycles. The Bertz CT molecular complexity index is 492. The second-order valence-electron chi connectivity index (χ2n) is 2.93. The van der Waals surface area contributed by atoms with Crippen molar-refractivity contribution >= 4 is 31.6 Å². The van der Waals surface area contributed by atoms with Gasteiger partial charge in [-0.25, -0.2) is 17.5 Å². The molecule has 0 radical (unpaired) electrons. The molecule has 0 bridgehead atoms. The van der Waals surface area contributed by atoms with Gasteiger partial charge in [0.05, 0.1) is 6.61 Å². The summed E-state index contributed by atoms with van der Waals surface area (Å²) in [7, 11) is -3.98. The van der Waals surface area contributed by atoms with Crippen molar-refractivity contribution in [3.63, 3.8) is 0 Å². The first-order valence-corrected chi connectivity index (χ1v) is 6.51. The van der Waals surface area contributed by atoms with Crippen molar-refractivity contribution in [3.8, 4) is 0 Å². The van der Waals surface area contributed by atoms with Crippen molar-refractivity contribution in [2.24, 2.45) is 0 Å². The van der Waals surface area contributed by atoms with E-state index in [9.17, 15) is 12.8 Å². The number of rotatable bonds is 4. The molecule has 0 spiro atoms. The molecule has 0 aliphatic rings. The number of halogens is 2. The highest BCUT2D eigenvalue weighted by molar-refractivity contribution is 9.10. The van der Waals surface area contributed by atoms with Crippen LogP contribution in [0.15, 0.2) is 21.5 Å². The maximum absolute atomic E-state index is 13.4. The lowest BCUT2D eigenvalue weighted by Gasteiger charge is -2.08. The average Bonchev–Trinajstić information content (AvgIpc) is 2.20. The number of benzene rings is 1. The van der Waals surface area contributed by atoms with Crippen LogP contribution in [-0.2, 0) is 10.0 Å². The molecule has 0 saturated heterocycles. The quantitative estimate of drug-likeness (QED) is 0.703. The topological polar surface area (TPSA) is 92.4 Å². The molecule has 0 unspecified atom stereocenters. The Labute approximate surface area is 101 Å². The predicted octanol–water partition coefficient (Wildman–Crippen LogP) is 0.441. The summed E-state index contributed by atoms with van der Waals surface area (Å²) in [5.74, 6) is -0.911. The van der Waals surface area contributed by atoms with E-state index in [4.69, 9.17) is 10.8 Å². The zero-order chi connectivity index (χ0) is 12.3. The average molecular weight is 313 g/mol. The molecule has 1 rings (SSSR count). The molecule has 0 aliphatic carbocycles. The maximum Gasteiger partial charge on any atom is 0.243 e. The number of hydrogen-bond donors (Lipinski definition) is 3. The van der Waals surface area contributed by atoms with Crippen LogP contribution < -0.4 is 10.5 Å². The van der Waals surface area contributed by atoms with Crippen LogP contribution in [0.25, 0.3) is 0 Å². The maximum atomic E-state index is 13.4. The Morgan fingerprint density at radius 3 is 2.69 bits per heavy atom. The Balaban J connectivity index is 3.18. The van der Waals surface area contributed by atoms with Crippen LogP contribution in [0.5, 0.6) is 0 Å². The molecule has 0 saturated carbocycles. The number of nitrogens with one attached hydrogen (secondary N) is 1. The molecular formula is C8H10BrFN2O3S. The first-order chi connectivity index (χ1) is 7.38. The number of nitrogen functional groups attached to an aromatic ring is 1. The van der Waals surface area contributed by atoms with Gasteiger partial charge in [0, 0.05) is 16.7 Å². The first-order valence-electron chi connectivity index (χ1n) is 4.23. The summed E-state index contributed by atoms with van der Waals surface area (Å²) >= 11 is 2.98. The van der Waals surface area contributed by atoms with E-state index < -0.39 is 20.7 Å². The van der Waals surface area contributed by atoms with Crippen LogP contribution in [0.4, 0.5) is 10.1 Å². The van der Waals surface area contributed by atoms with Gasteiger partial charge in [0.2, 0.25) is 10.0 Å². The van der Waals surface area contributed by atoms with Gasteiger partial charge in [0.25, 0.3) is 0 Å². The van der Waals surface area contributed by atoms with Crippen LogP contribution in [0, 0.1) is 5.82 Å². The minimum atomic E-state index is -3.98. The third-order valence-electron chi connectivity index (χ3n) is 1.74. The molecule has 1 aromatic rings. The van der Waals surface area contributed by atoms with E-state index in [2.05, 4.69) is 15.9 Å². The van der Waals surface area contributed by atoms with E-state index in [-0.39, 0.29) is 23.3 Å². The van der Waals surface area contributed by atoms with Crippen LogP contribution in [0.1, 0.15) is 0 Å². The van der Waals surface area contributed by atoms with E-state index in [0.29, 0.717) is 0 Å². The van der Waals surface area contributed by atoms with Gasteiger partial charge >= 0.3 is 0 Å². The van der Waals surface area contributed by atoms with Gasteiger partial charge in [-0.15, -0.1) is 0 Å². The molecule has 5 nitrogen and oxygen atoms in total. The largest absolute Gasteiger partial charge is 0.398 e. The normalized spacial score (nSPS) is 11.7. The van der Waals surface area contributed by atoms with Gasteiger partial charge in [-0.05, 0) is 28.1 Å². The van der Waals surface area contributed by atoms with E-state index >= 15 is 0 Å². The lowest BCUT2D eigenvalue weighted by molar-refractivity contribution is 0.301. The number of sulfonamides is 1. The highest BCUT2D eigenvalue weighted by Crippen LogP contribution is 2.25. The van der Waals surface area contributed by atoms with Crippen LogP contribution in [-0.4, -0.2) is 26.7 Å². The lowest BCUT2D eigenvalue weighted by Crippen LogP contribution is -2.27. The highest BCUT2D eigenvalue weighted by Gasteiger charge is 2.19. The van der Waals surface area contributed by atoms with Crippen molar-refractivity contribution in [2.75, 3.05) is 18.9 Å². The summed E-state index contributed by atoms with van der Waals surface area (Å²) in [6.07, 6.45) is 0. The predicted molar refractivity (Wildman–Crippen MR) is 60.8 cm³/mol. The molecular weight excluding hydrogens is 303 g/mol. The van der Waals surface area contributed by atoms with E-state index in [1.165, 1.54) is 0 Å². The Morgan fingerprint density at radius 2 is 2.12 bits per heavy atom. The molecule has 0 atom stereocenters.